The minimum absolute atomic E-state index is 0.720. The van der Waals surface area contributed by atoms with Crippen LogP contribution < -0.4 is 0 Å². The van der Waals surface area contributed by atoms with E-state index in [1.54, 1.807) is 0 Å². The van der Waals surface area contributed by atoms with Crippen LogP contribution in [-0.2, 0) is 6.42 Å². The van der Waals surface area contributed by atoms with Crippen LogP contribution in [0.25, 0.3) is 0 Å². The molecule has 1 atom stereocenters. The Bertz CT molecular complexity index is 207. The molecule has 0 aromatic carbocycles. The average Bonchev–Trinajstić information content (AvgIpc) is 2.64. The fraction of sp³-hybridized carbons (Fsp3) is 0.889. The van der Waals surface area contributed by atoms with Crippen LogP contribution in [0.3, 0.4) is 0 Å². The van der Waals surface area contributed by atoms with E-state index in [4.69, 9.17) is 0 Å². The Morgan fingerprint density at radius 3 is 2.77 bits per heavy atom. The standard InChI is InChI=1S/C9H18N4/c1-3-5-6-8(4-2)7-9-10-12-13-11-9/h8H,3-7H2,1-2H3,(H,10,11,12,13). The summed E-state index contributed by atoms with van der Waals surface area (Å²) < 4.78 is 0. The molecule has 0 fully saturated rings. The van der Waals surface area contributed by atoms with Crippen molar-refractivity contribution in [1.82, 2.24) is 20.6 Å². The zero-order valence-electron chi connectivity index (χ0n) is 8.45. The number of hydrogen-bond acceptors (Lipinski definition) is 3. The van der Waals surface area contributed by atoms with Gasteiger partial charge in [0.15, 0.2) is 5.82 Å². The van der Waals surface area contributed by atoms with Gasteiger partial charge in [-0.2, -0.15) is 5.21 Å². The molecule has 0 saturated carbocycles. The minimum atomic E-state index is 0.720. The van der Waals surface area contributed by atoms with Crippen LogP contribution in [0.5, 0.6) is 0 Å². The molecule has 0 spiro atoms. The average molecular weight is 182 g/mol. The Hall–Kier alpha value is -0.930. The van der Waals surface area contributed by atoms with Gasteiger partial charge in [0.25, 0.3) is 0 Å². The first-order chi connectivity index (χ1) is 6.36. The number of nitrogens with zero attached hydrogens (tertiary/aromatic N) is 3. The van der Waals surface area contributed by atoms with Gasteiger partial charge in [0.05, 0.1) is 0 Å². The van der Waals surface area contributed by atoms with E-state index in [0.29, 0.717) is 0 Å². The van der Waals surface area contributed by atoms with Crippen molar-refractivity contribution >= 4 is 0 Å². The van der Waals surface area contributed by atoms with Crippen LogP contribution in [0, 0.1) is 5.92 Å². The summed E-state index contributed by atoms with van der Waals surface area (Å²) in [6.07, 6.45) is 6.02. The lowest BCUT2D eigenvalue weighted by molar-refractivity contribution is 0.440. The molecule has 0 saturated heterocycles. The Kier molecular flexibility index (Phi) is 4.43. The van der Waals surface area contributed by atoms with Crippen molar-refractivity contribution in [3.63, 3.8) is 0 Å². The third-order valence-electron chi connectivity index (χ3n) is 2.40. The number of aromatic amines is 1. The van der Waals surface area contributed by atoms with E-state index in [2.05, 4.69) is 34.5 Å². The molecule has 1 N–H and O–H groups in total. The van der Waals surface area contributed by atoms with E-state index in [1.807, 2.05) is 0 Å². The summed E-state index contributed by atoms with van der Waals surface area (Å²) >= 11 is 0. The molecule has 1 aromatic rings. The van der Waals surface area contributed by atoms with Gasteiger partial charge < -0.3 is 0 Å². The predicted octanol–water partition coefficient (Wildman–Crippen LogP) is 1.96. The molecule has 1 unspecified atom stereocenters. The normalized spacial score (nSPS) is 13.1. The van der Waals surface area contributed by atoms with Crippen molar-refractivity contribution in [2.24, 2.45) is 5.92 Å². The monoisotopic (exact) mass is 182 g/mol. The summed E-state index contributed by atoms with van der Waals surface area (Å²) in [7, 11) is 0. The Morgan fingerprint density at radius 2 is 2.23 bits per heavy atom. The number of nitrogens with one attached hydrogen (secondary N) is 1. The molecule has 0 aliphatic heterocycles. The van der Waals surface area contributed by atoms with Gasteiger partial charge >= 0.3 is 0 Å². The van der Waals surface area contributed by atoms with Gasteiger partial charge in [0.1, 0.15) is 0 Å². The van der Waals surface area contributed by atoms with Gasteiger partial charge in [0.2, 0.25) is 0 Å². The second-order valence-corrected chi connectivity index (χ2v) is 3.45. The predicted molar refractivity (Wildman–Crippen MR) is 51.2 cm³/mol. The minimum Gasteiger partial charge on any atom is -0.177 e. The number of aromatic nitrogens is 4. The molecule has 74 valence electrons. The first-order valence-corrected chi connectivity index (χ1v) is 5.09. The zero-order chi connectivity index (χ0) is 9.52. The fourth-order valence-electron chi connectivity index (χ4n) is 1.47. The first-order valence-electron chi connectivity index (χ1n) is 5.09. The number of rotatable bonds is 6. The maximum Gasteiger partial charge on any atom is 0.174 e. The molecule has 0 aliphatic rings. The second kappa shape index (κ2) is 5.67. The highest BCUT2D eigenvalue weighted by molar-refractivity contribution is 4.79. The smallest absolute Gasteiger partial charge is 0.174 e. The molecule has 1 rings (SSSR count). The van der Waals surface area contributed by atoms with Crippen molar-refractivity contribution in [1.29, 1.82) is 0 Å². The van der Waals surface area contributed by atoms with E-state index in [9.17, 15) is 0 Å². The molecule has 13 heavy (non-hydrogen) atoms. The molecule has 4 nitrogen and oxygen atoms in total. The topological polar surface area (TPSA) is 54.5 Å². The molecular weight excluding hydrogens is 164 g/mol. The second-order valence-electron chi connectivity index (χ2n) is 3.45. The number of unbranched alkanes of at least 4 members (excludes halogenated alkanes) is 1. The van der Waals surface area contributed by atoms with Gasteiger partial charge in [-0.25, -0.2) is 0 Å². The Morgan fingerprint density at radius 1 is 1.38 bits per heavy atom. The fourth-order valence-corrected chi connectivity index (χ4v) is 1.47. The Labute approximate surface area is 79.1 Å². The summed E-state index contributed by atoms with van der Waals surface area (Å²) in [4.78, 5) is 0. The molecule has 0 radical (unpaired) electrons. The quantitative estimate of drug-likeness (QED) is 0.731. The van der Waals surface area contributed by atoms with Crippen LogP contribution in [0.2, 0.25) is 0 Å². The zero-order valence-corrected chi connectivity index (χ0v) is 8.45. The molecular formula is C9H18N4. The molecule has 4 heteroatoms. The summed E-state index contributed by atoms with van der Waals surface area (Å²) in [6.45, 7) is 4.45. The highest BCUT2D eigenvalue weighted by Crippen LogP contribution is 2.15. The maximum absolute atomic E-state index is 3.96. The van der Waals surface area contributed by atoms with Crippen LogP contribution in [-0.4, -0.2) is 20.6 Å². The maximum atomic E-state index is 3.96. The molecule has 0 amide bonds. The number of tetrazole rings is 1. The van der Waals surface area contributed by atoms with Crippen molar-refractivity contribution in [2.45, 2.75) is 46.0 Å². The van der Waals surface area contributed by atoms with E-state index in [1.165, 1.54) is 25.7 Å². The summed E-state index contributed by atoms with van der Waals surface area (Å²) in [5.74, 6) is 1.57. The van der Waals surface area contributed by atoms with Crippen molar-refractivity contribution in [3.05, 3.63) is 5.82 Å². The summed E-state index contributed by atoms with van der Waals surface area (Å²) in [5.41, 5.74) is 0. The van der Waals surface area contributed by atoms with Crippen LogP contribution in [0.1, 0.15) is 45.4 Å². The highest BCUT2D eigenvalue weighted by Gasteiger charge is 2.09. The van der Waals surface area contributed by atoms with E-state index >= 15 is 0 Å². The largest absolute Gasteiger partial charge is 0.177 e. The van der Waals surface area contributed by atoms with Crippen LogP contribution in [0.15, 0.2) is 0 Å². The lowest BCUT2D eigenvalue weighted by Gasteiger charge is -2.10. The van der Waals surface area contributed by atoms with Gasteiger partial charge in [0, 0.05) is 6.42 Å². The van der Waals surface area contributed by atoms with E-state index in [0.717, 1.165) is 18.2 Å². The highest BCUT2D eigenvalue weighted by atomic mass is 15.5. The van der Waals surface area contributed by atoms with E-state index < -0.39 is 0 Å². The van der Waals surface area contributed by atoms with Crippen molar-refractivity contribution in [2.75, 3.05) is 0 Å². The van der Waals surface area contributed by atoms with Crippen molar-refractivity contribution in [3.8, 4) is 0 Å². The van der Waals surface area contributed by atoms with Gasteiger partial charge in [-0.1, -0.05) is 44.7 Å². The van der Waals surface area contributed by atoms with Gasteiger partial charge in [-0.3, -0.25) is 0 Å². The molecule has 1 aromatic heterocycles. The lowest BCUT2D eigenvalue weighted by Crippen LogP contribution is -2.04. The van der Waals surface area contributed by atoms with E-state index in [-0.39, 0.29) is 0 Å². The lowest BCUT2D eigenvalue weighted by atomic mass is 9.96. The summed E-state index contributed by atoms with van der Waals surface area (Å²) in [5, 5.41) is 14.0. The molecule has 1 heterocycles. The first kappa shape index (κ1) is 10.2. The summed E-state index contributed by atoms with van der Waals surface area (Å²) in [6, 6.07) is 0. The van der Waals surface area contributed by atoms with Gasteiger partial charge in [-0.15, -0.1) is 10.2 Å². The third-order valence-corrected chi connectivity index (χ3v) is 2.40. The molecule has 0 bridgehead atoms. The molecule has 0 aliphatic carbocycles. The van der Waals surface area contributed by atoms with Crippen LogP contribution >= 0.6 is 0 Å². The SMILES string of the molecule is CCCCC(CC)Cc1nn[nH]n1. The van der Waals surface area contributed by atoms with Gasteiger partial charge in [-0.05, 0) is 5.92 Å². The Balaban J connectivity index is 2.31. The number of H-pyrrole nitrogens is 1. The number of hydrogen-bond donors (Lipinski definition) is 1. The van der Waals surface area contributed by atoms with Crippen molar-refractivity contribution < 1.29 is 0 Å². The third kappa shape index (κ3) is 3.53. The van der Waals surface area contributed by atoms with Crippen LogP contribution in [0.4, 0.5) is 0 Å².